The second-order valence-electron chi connectivity index (χ2n) is 9.32. The molecule has 1 amide bonds. The third-order valence-electron chi connectivity index (χ3n) is 6.58. The summed E-state index contributed by atoms with van der Waals surface area (Å²) in [5.41, 5.74) is 2.98. The molecule has 3 aromatic carbocycles. The summed E-state index contributed by atoms with van der Waals surface area (Å²) in [4.78, 5) is 23.2. The van der Waals surface area contributed by atoms with E-state index in [0.29, 0.717) is 38.9 Å². The minimum absolute atomic E-state index is 0.118. The van der Waals surface area contributed by atoms with Crippen LogP contribution in [0.25, 0.3) is 56.1 Å². The largest absolute Gasteiger partial charge is 0.455 e. The summed E-state index contributed by atoms with van der Waals surface area (Å²) in [6.07, 6.45) is 1.51. The van der Waals surface area contributed by atoms with Gasteiger partial charge in [0.15, 0.2) is 11.6 Å². The average molecular weight is 543 g/mol. The molecule has 3 heterocycles. The first-order chi connectivity index (χ1) is 19.2. The SMILES string of the molecule is CNC(=O)c1c(-c2ccc(F)cc2)oc2cc(N(C)C)c(-c3cc(F)c(F)c(-c4nc5cccnc5o4)c3)cc12. The van der Waals surface area contributed by atoms with Gasteiger partial charge in [-0.05, 0) is 60.2 Å². The van der Waals surface area contributed by atoms with E-state index in [1.54, 1.807) is 43.3 Å². The summed E-state index contributed by atoms with van der Waals surface area (Å²) in [6.45, 7) is 0. The Morgan fingerprint density at radius 1 is 0.925 bits per heavy atom. The van der Waals surface area contributed by atoms with Gasteiger partial charge in [-0.2, -0.15) is 0 Å². The fraction of sp³-hybridized carbons (Fsp3) is 0.100. The van der Waals surface area contributed by atoms with E-state index in [0.717, 1.165) is 6.07 Å². The van der Waals surface area contributed by atoms with Crippen molar-refractivity contribution in [2.24, 2.45) is 0 Å². The van der Waals surface area contributed by atoms with Crippen molar-refractivity contribution in [3.05, 3.63) is 89.9 Å². The van der Waals surface area contributed by atoms with E-state index in [2.05, 4.69) is 15.3 Å². The lowest BCUT2D eigenvalue weighted by atomic mass is 9.96. The smallest absolute Gasteiger partial charge is 0.255 e. The van der Waals surface area contributed by atoms with Gasteiger partial charge in [0.1, 0.15) is 22.7 Å². The molecule has 0 unspecified atom stereocenters. The fourth-order valence-corrected chi connectivity index (χ4v) is 4.67. The first-order valence-electron chi connectivity index (χ1n) is 12.2. The number of fused-ring (bicyclic) bond motifs is 2. The molecule has 0 aliphatic carbocycles. The number of benzene rings is 3. The van der Waals surface area contributed by atoms with Crippen molar-refractivity contribution in [1.29, 1.82) is 0 Å². The molecule has 0 aliphatic heterocycles. The van der Waals surface area contributed by atoms with Crippen LogP contribution >= 0.6 is 0 Å². The maximum atomic E-state index is 15.1. The Morgan fingerprint density at radius 3 is 2.40 bits per heavy atom. The molecule has 0 fully saturated rings. The number of pyridine rings is 1. The molecule has 0 radical (unpaired) electrons. The predicted octanol–water partition coefficient (Wildman–Crippen LogP) is 6.81. The normalized spacial score (nSPS) is 11.3. The van der Waals surface area contributed by atoms with Crippen molar-refractivity contribution in [1.82, 2.24) is 15.3 Å². The van der Waals surface area contributed by atoms with Gasteiger partial charge >= 0.3 is 0 Å². The van der Waals surface area contributed by atoms with Gasteiger partial charge in [-0.3, -0.25) is 4.79 Å². The van der Waals surface area contributed by atoms with Crippen LogP contribution in [0, 0.1) is 17.5 Å². The minimum Gasteiger partial charge on any atom is -0.455 e. The minimum atomic E-state index is -1.12. The number of anilines is 1. The molecule has 0 spiro atoms. The van der Waals surface area contributed by atoms with Crippen molar-refractivity contribution in [3.63, 3.8) is 0 Å². The number of furan rings is 1. The van der Waals surface area contributed by atoms with Crippen molar-refractivity contribution in [2.45, 2.75) is 0 Å². The Balaban J connectivity index is 1.60. The van der Waals surface area contributed by atoms with E-state index in [-0.39, 0.29) is 28.5 Å². The molecule has 7 nitrogen and oxygen atoms in total. The second kappa shape index (κ2) is 9.57. The number of nitrogens with one attached hydrogen (secondary N) is 1. The Hall–Kier alpha value is -5.12. The number of nitrogens with zero attached hydrogens (tertiary/aromatic N) is 3. The molecule has 0 saturated carbocycles. The summed E-state index contributed by atoms with van der Waals surface area (Å²) in [5, 5.41) is 3.06. The van der Waals surface area contributed by atoms with Crippen molar-refractivity contribution >= 4 is 33.8 Å². The lowest BCUT2D eigenvalue weighted by Crippen LogP contribution is -2.18. The van der Waals surface area contributed by atoms with Crippen molar-refractivity contribution < 1.29 is 26.8 Å². The van der Waals surface area contributed by atoms with E-state index in [4.69, 9.17) is 8.83 Å². The van der Waals surface area contributed by atoms with Crippen LogP contribution in [0.3, 0.4) is 0 Å². The van der Waals surface area contributed by atoms with Crippen LogP contribution in [-0.2, 0) is 0 Å². The van der Waals surface area contributed by atoms with E-state index in [1.807, 2.05) is 0 Å². The maximum absolute atomic E-state index is 15.1. The average Bonchev–Trinajstić information content (AvgIpc) is 3.55. The number of hydrogen-bond donors (Lipinski definition) is 1. The highest BCUT2D eigenvalue weighted by molar-refractivity contribution is 6.13. The van der Waals surface area contributed by atoms with E-state index in [1.165, 1.54) is 43.6 Å². The number of carbonyl (C=O) groups is 1. The zero-order chi connectivity index (χ0) is 28.1. The molecule has 0 saturated heterocycles. The zero-order valence-corrected chi connectivity index (χ0v) is 21.6. The molecule has 0 atom stereocenters. The highest BCUT2D eigenvalue weighted by Crippen LogP contribution is 2.42. The van der Waals surface area contributed by atoms with Crippen LogP contribution in [-0.4, -0.2) is 37.0 Å². The Labute approximate surface area is 225 Å². The maximum Gasteiger partial charge on any atom is 0.255 e. The molecule has 10 heteroatoms. The van der Waals surface area contributed by atoms with Gasteiger partial charge in [0.05, 0.1) is 11.1 Å². The predicted molar refractivity (Wildman–Crippen MR) is 145 cm³/mol. The molecule has 3 aromatic heterocycles. The lowest BCUT2D eigenvalue weighted by molar-refractivity contribution is 0.0964. The quantitative estimate of drug-likeness (QED) is 0.258. The standard InChI is InChI=1S/C30H21F3N4O3/c1-34-28(38)25-19-13-18(23(37(2)3)14-24(19)39-27(25)15-6-8-17(31)9-7-15)16-11-20(26(33)21(32)12-16)29-36-22-5-4-10-35-30(22)40-29/h4-14H,1-3H3,(H,34,38). The number of aromatic nitrogens is 2. The summed E-state index contributed by atoms with van der Waals surface area (Å²) in [5.74, 6) is -2.93. The Morgan fingerprint density at radius 2 is 1.70 bits per heavy atom. The topological polar surface area (TPSA) is 84.4 Å². The van der Waals surface area contributed by atoms with Gasteiger partial charge in [0.25, 0.3) is 5.91 Å². The van der Waals surface area contributed by atoms with Crippen LogP contribution < -0.4 is 10.2 Å². The van der Waals surface area contributed by atoms with E-state index < -0.39 is 23.4 Å². The molecule has 200 valence electrons. The van der Waals surface area contributed by atoms with Gasteiger partial charge in [-0.25, -0.2) is 23.1 Å². The third-order valence-corrected chi connectivity index (χ3v) is 6.58. The molecule has 40 heavy (non-hydrogen) atoms. The van der Waals surface area contributed by atoms with Crippen molar-refractivity contribution in [3.8, 4) is 33.9 Å². The Bertz CT molecular complexity index is 1890. The number of hydrogen-bond acceptors (Lipinski definition) is 6. The zero-order valence-electron chi connectivity index (χ0n) is 21.6. The van der Waals surface area contributed by atoms with Gasteiger partial charge < -0.3 is 19.1 Å². The second-order valence-corrected chi connectivity index (χ2v) is 9.32. The molecule has 6 rings (SSSR count). The van der Waals surface area contributed by atoms with Gasteiger partial charge in [-0.15, -0.1) is 0 Å². The van der Waals surface area contributed by atoms with Crippen LogP contribution in [0.2, 0.25) is 0 Å². The van der Waals surface area contributed by atoms with Gasteiger partial charge in [0.2, 0.25) is 11.6 Å². The molecule has 0 bridgehead atoms. The summed E-state index contributed by atoms with van der Waals surface area (Å²) in [6, 6.07) is 14.8. The first kappa shape index (κ1) is 25.2. The molecule has 6 aromatic rings. The molecule has 0 aliphatic rings. The van der Waals surface area contributed by atoms with Gasteiger partial charge in [0, 0.05) is 55.6 Å². The first-order valence-corrected chi connectivity index (χ1v) is 12.2. The number of amides is 1. The summed E-state index contributed by atoms with van der Waals surface area (Å²) < 4.78 is 55.5. The lowest BCUT2D eigenvalue weighted by Gasteiger charge is -2.18. The van der Waals surface area contributed by atoms with Crippen molar-refractivity contribution in [2.75, 3.05) is 26.0 Å². The molecular weight excluding hydrogens is 521 g/mol. The van der Waals surface area contributed by atoms with Crippen LogP contribution in [0.1, 0.15) is 10.4 Å². The third kappa shape index (κ3) is 4.14. The summed E-state index contributed by atoms with van der Waals surface area (Å²) >= 11 is 0. The van der Waals surface area contributed by atoms with Crippen LogP contribution in [0.15, 0.2) is 75.7 Å². The van der Waals surface area contributed by atoms with E-state index >= 15 is 8.78 Å². The van der Waals surface area contributed by atoms with Crippen LogP contribution in [0.4, 0.5) is 18.9 Å². The molecular formula is C30H21F3N4O3. The number of carbonyl (C=O) groups excluding carboxylic acids is 1. The number of halogens is 3. The monoisotopic (exact) mass is 542 g/mol. The number of oxazole rings is 1. The highest BCUT2D eigenvalue weighted by atomic mass is 19.2. The van der Waals surface area contributed by atoms with Crippen LogP contribution in [0.5, 0.6) is 0 Å². The summed E-state index contributed by atoms with van der Waals surface area (Å²) in [7, 11) is 5.07. The van der Waals surface area contributed by atoms with Gasteiger partial charge in [-0.1, -0.05) is 0 Å². The molecule has 1 N–H and O–H groups in total. The van der Waals surface area contributed by atoms with E-state index in [9.17, 15) is 9.18 Å². The number of rotatable bonds is 5. The highest BCUT2D eigenvalue weighted by Gasteiger charge is 2.25. The fourth-order valence-electron chi connectivity index (χ4n) is 4.67. The Kier molecular flexibility index (Phi) is 6.02.